The first kappa shape index (κ1) is 18.7. The Morgan fingerprint density at radius 2 is 1.86 bits per heavy atom. The van der Waals surface area contributed by atoms with Gasteiger partial charge in [-0.15, -0.1) is 12.4 Å². The summed E-state index contributed by atoms with van der Waals surface area (Å²) in [6.07, 6.45) is 2.97. The summed E-state index contributed by atoms with van der Waals surface area (Å²) in [6.45, 7) is 10.4. The molecule has 124 valence electrons. The Morgan fingerprint density at radius 1 is 1.18 bits per heavy atom. The van der Waals surface area contributed by atoms with Crippen LogP contribution in [0.4, 0.5) is 0 Å². The van der Waals surface area contributed by atoms with Crippen LogP contribution in [0.2, 0.25) is 0 Å². The van der Waals surface area contributed by atoms with Gasteiger partial charge in [0.1, 0.15) is 0 Å². The smallest absolute Gasteiger partial charge is 0.0653 e. The number of nitrogens with one attached hydrogen (secondary N) is 1. The lowest BCUT2D eigenvalue weighted by Crippen LogP contribution is -2.19. The molecule has 1 unspecified atom stereocenters. The third-order valence-corrected chi connectivity index (χ3v) is 3.96. The maximum atomic E-state index is 4.54. The van der Waals surface area contributed by atoms with Gasteiger partial charge < -0.3 is 5.32 Å². The van der Waals surface area contributed by atoms with Crippen LogP contribution in [0.1, 0.15) is 63.2 Å². The minimum Gasteiger partial charge on any atom is -0.306 e. The molecule has 2 aromatic heterocycles. The Morgan fingerprint density at radius 3 is 2.45 bits per heavy atom. The molecule has 0 saturated carbocycles. The molecular weight excluding hydrogens is 298 g/mol. The summed E-state index contributed by atoms with van der Waals surface area (Å²) < 4.78 is 4.07. The molecular formula is C16H28ClN5. The van der Waals surface area contributed by atoms with Crippen LogP contribution < -0.4 is 5.32 Å². The molecule has 1 atom stereocenters. The number of halogens is 1. The molecule has 2 aromatic rings. The van der Waals surface area contributed by atoms with Gasteiger partial charge in [0.05, 0.1) is 17.1 Å². The first-order valence-electron chi connectivity index (χ1n) is 7.78. The van der Waals surface area contributed by atoms with Crippen LogP contribution in [0, 0.1) is 0 Å². The highest BCUT2D eigenvalue weighted by Crippen LogP contribution is 2.14. The van der Waals surface area contributed by atoms with Crippen LogP contribution >= 0.6 is 12.4 Å². The van der Waals surface area contributed by atoms with Gasteiger partial charge in [0.25, 0.3) is 0 Å². The molecule has 2 heterocycles. The normalized spacial score (nSPS) is 12.5. The van der Waals surface area contributed by atoms with Crippen LogP contribution in [0.3, 0.4) is 0 Å². The molecule has 1 N–H and O–H groups in total. The predicted octanol–water partition coefficient (Wildman–Crippen LogP) is 3.42. The second kappa shape index (κ2) is 8.34. The van der Waals surface area contributed by atoms with E-state index >= 15 is 0 Å². The van der Waals surface area contributed by atoms with E-state index in [0.29, 0.717) is 12.0 Å². The van der Waals surface area contributed by atoms with Crippen molar-refractivity contribution in [3.8, 4) is 0 Å². The van der Waals surface area contributed by atoms with Gasteiger partial charge in [-0.05, 0) is 31.4 Å². The van der Waals surface area contributed by atoms with Gasteiger partial charge in [-0.1, -0.05) is 20.8 Å². The largest absolute Gasteiger partial charge is 0.306 e. The van der Waals surface area contributed by atoms with E-state index in [1.165, 1.54) is 11.4 Å². The molecule has 0 aliphatic heterocycles. The number of nitrogens with zero attached hydrogens (tertiary/aromatic N) is 4. The van der Waals surface area contributed by atoms with Crippen molar-refractivity contribution in [1.29, 1.82) is 0 Å². The maximum Gasteiger partial charge on any atom is 0.0653 e. The van der Waals surface area contributed by atoms with Crippen molar-refractivity contribution in [3.63, 3.8) is 0 Å². The van der Waals surface area contributed by atoms with Crippen LogP contribution in [-0.4, -0.2) is 19.6 Å². The van der Waals surface area contributed by atoms with Crippen molar-refractivity contribution in [2.75, 3.05) is 0 Å². The molecule has 6 heteroatoms. The second-order valence-corrected chi connectivity index (χ2v) is 5.97. The van der Waals surface area contributed by atoms with Crippen molar-refractivity contribution in [2.45, 2.75) is 59.2 Å². The number of aryl methyl sites for hydroxylation is 1. The van der Waals surface area contributed by atoms with E-state index in [4.69, 9.17) is 0 Å². The van der Waals surface area contributed by atoms with Crippen molar-refractivity contribution in [3.05, 3.63) is 35.4 Å². The van der Waals surface area contributed by atoms with E-state index in [1.54, 1.807) is 0 Å². The molecule has 0 amide bonds. The van der Waals surface area contributed by atoms with Crippen molar-refractivity contribution >= 4 is 12.4 Å². The zero-order valence-corrected chi connectivity index (χ0v) is 15.0. The highest BCUT2D eigenvalue weighted by molar-refractivity contribution is 5.85. The lowest BCUT2D eigenvalue weighted by atomic mass is 10.1. The molecule has 0 fully saturated rings. The van der Waals surface area contributed by atoms with E-state index in [1.807, 2.05) is 17.9 Å². The summed E-state index contributed by atoms with van der Waals surface area (Å²) in [5, 5.41) is 12.5. The highest BCUT2D eigenvalue weighted by Gasteiger charge is 2.10. The van der Waals surface area contributed by atoms with E-state index in [9.17, 15) is 0 Å². The van der Waals surface area contributed by atoms with Crippen molar-refractivity contribution in [1.82, 2.24) is 24.9 Å². The topological polar surface area (TPSA) is 47.7 Å². The van der Waals surface area contributed by atoms with Crippen molar-refractivity contribution < 1.29 is 0 Å². The number of hydrogen-bond donors (Lipinski definition) is 1. The Balaban J connectivity index is 0.00000242. The first-order chi connectivity index (χ1) is 10.0. The summed E-state index contributed by atoms with van der Waals surface area (Å²) in [5.41, 5.74) is 3.60. The molecule has 0 spiro atoms. The molecule has 0 aliphatic rings. The van der Waals surface area contributed by atoms with Gasteiger partial charge >= 0.3 is 0 Å². The van der Waals surface area contributed by atoms with Crippen molar-refractivity contribution in [2.24, 2.45) is 7.05 Å². The van der Waals surface area contributed by atoms with E-state index < -0.39 is 0 Å². The number of hydrogen-bond acceptors (Lipinski definition) is 3. The maximum absolute atomic E-state index is 4.54. The highest BCUT2D eigenvalue weighted by atomic mass is 35.5. The number of aromatic nitrogens is 4. The monoisotopic (exact) mass is 325 g/mol. The Bertz CT molecular complexity index is 573. The van der Waals surface area contributed by atoms with Gasteiger partial charge in [-0.3, -0.25) is 9.36 Å². The lowest BCUT2D eigenvalue weighted by molar-refractivity contribution is 0.450. The molecule has 0 aromatic carbocycles. The molecule has 5 nitrogen and oxygen atoms in total. The Kier molecular flexibility index (Phi) is 7.10. The van der Waals surface area contributed by atoms with Crippen LogP contribution in [-0.2, 0) is 20.1 Å². The predicted molar refractivity (Wildman–Crippen MR) is 92.3 cm³/mol. The zero-order valence-electron chi connectivity index (χ0n) is 14.2. The van der Waals surface area contributed by atoms with E-state index in [2.05, 4.69) is 60.0 Å². The van der Waals surface area contributed by atoms with Gasteiger partial charge in [0.2, 0.25) is 0 Å². The van der Waals surface area contributed by atoms with Gasteiger partial charge in [0, 0.05) is 32.4 Å². The number of rotatable bonds is 7. The molecule has 0 saturated heterocycles. The fraction of sp³-hybridized carbons (Fsp3) is 0.625. The fourth-order valence-electron chi connectivity index (χ4n) is 2.35. The SMILES string of the molecule is CCC(C)n1nccc1CNCc1cc(C(C)C)nn1C.Cl. The van der Waals surface area contributed by atoms with Crippen LogP contribution in [0.5, 0.6) is 0 Å². The first-order valence-corrected chi connectivity index (χ1v) is 7.78. The van der Waals surface area contributed by atoms with Crippen LogP contribution in [0.25, 0.3) is 0 Å². The van der Waals surface area contributed by atoms with E-state index in [0.717, 1.165) is 25.2 Å². The third-order valence-electron chi connectivity index (χ3n) is 3.96. The molecule has 2 rings (SSSR count). The van der Waals surface area contributed by atoms with Gasteiger partial charge in [0.15, 0.2) is 0 Å². The Labute approximate surface area is 139 Å². The van der Waals surface area contributed by atoms with Gasteiger partial charge in [-0.2, -0.15) is 10.2 Å². The average Bonchev–Trinajstić information content (AvgIpc) is 3.05. The van der Waals surface area contributed by atoms with Crippen LogP contribution in [0.15, 0.2) is 18.3 Å². The molecule has 0 aliphatic carbocycles. The zero-order chi connectivity index (χ0) is 15.4. The second-order valence-electron chi connectivity index (χ2n) is 5.97. The molecule has 0 bridgehead atoms. The Hall–Kier alpha value is -1.33. The minimum atomic E-state index is 0. The molecule has 22 heavy (non-hydrogen) atoms. The summed E-state index contributed by atoms with van der Waals surface area (Å²) in [7, 11) is 2.01. The summed E-state index contributed by atoms with van der Waals surface area (Å²) in [6, 6.07) is 4.71. The summed E-state index contributed by atoms with van der Waals surface area (Å²) in [5.74, 6) is 0.469. The van der Waals surface area contributed by atoms with E-state index in [-0.39, 0.29) is 12.4 Å². The standard InChI is InChI=1S/C16H27N5.ClH/c1-6-13(4)21-14(7-8-18-21)10-17-11-15-9-16(12(2)3)19-20(15)5;/h7-9,12-13,17H,6,10-11H2,1-5H3;1H. The molecule has 0 radical (unpaired) electrons. The van der Waals surface area contributed by atoms with Gasteiger partial charge in [-0.25, -0.2) is 0 Å². The summed E-state index contributed by atoms with van der Waals surface area (Å²) >= 11 is 0. The quantitative estimate of drug-likeness (QED) is 0.848. The summed E-state index contributed by atoms with van der Waals surface area (Å²) in [4.78, 5) is 0. The lowest BCUT2D eigenvalue weighted by Gasteiger charge is -2.14. The average molecular weight is 326 g/mol. The minimum absolute atomic E-state index is 0. The fourth-order valence-corrected chi connectivity index (χ4v) is 2.35. The third kappa shape index (κ3) is 4.34.